The number of rotatable bonds is 6. The van der Waals surface area contributed by atoms with E-state index in [4.69, 9.17) is 21.7 Å². The van der Waals surface area contributed by atoms with Gasteiger partial charge in [0, 0.05) is 37.2 Å². The van der Waals surface area contributed by atoms with Crippen LogP contribution in [0.2, 0.25) is 0 Å². The van der Waals surface area contributed by atoms with Gasteiger partial charge in [-0.3, -0.25) is 9.69 Å². The van der Waals surface area contributed by atoms with E-state index in [9.17, 15) is 4.79 Å². The van der Waals surface area contributed by atoms with E-state index in [0.29, 0.717) is 50.0 Å². The number of anilines is 1. The Labute approximate surface area is 187 Å². The summed E-state index contributed by atoms with van der Waals surface area (Å²) in [5.74, 6) is 0.761. The van der Waals surface area contributed by atoms with Crippen molar-refractivity contribution in [3.63, 3.8) is 0 Å². The predicted molar refractivity (Wildman–Crippen MR) is 122 cm³/mol. The Balaban J connectivity index is 1.73. The van der Waals surface area contributed by atoms with Gasteiger partial charge < -0.3 is 14.4 Å². The first-order chi connectivity index (χ1) is 15.0. The van der Waals surface area contributed by atoms with E-state index in [1.165, 1.54) is 0 Å². The van der Waals surface area contributed by atoms with Crippen LogP contribution in [0.3, 0.4) is 0 Å². The molecule has 0 spiro atoms. The van der Waals surface area contributed by atoms with Crippen molar-refractivity contribution in [3.8, 4) is 5.75 Å². The fraction of sp³-hybridized carbons (Fsp3) is 0.391. The summed E-state index contributed by atoms with van der Waals surface area (Å²) in [7, 11) is 1.63. The topological polar surface area (TPSA) is 66.7 Å². The summed E-state index contributed by atoms with van der Waals surface area (Å²) in [6.45, 7) is 4.41. The van der Waals surface area contributed by atoms with E-state index >= 15 is 0 Å². The van der Waals surface area contributed by atoms with E-state index in [-0.39, 0.29) is 5.91 Å². The van der Waals surface area contributed by atoms with E-state index in [0.717, 1.165) is 16.8 Å². The standard InChI is InChI=1S/C23H26N4O3S/c1-17-7-9-18(10-8-17)27-22(31)24-25-23(27,19-5-3-4-6-20(19)29-2)12-11-21(28)26-13-15-30-16-14-26/h3-10H,11-16H2,1-2H3. The Hall–Kier alpha value is -2.84. The largest absolute Gasteiger partial charge is 0.496 e. The van der Waals surface area contributed by atoms with E-state index in [2.05, 4.69) is 10.2 Å². The van der Waals surface area contributed by atoms with E-state index in [1.54, 1.807) is 7.11 Å². The summed E-state index contributed by atoms with van der Waals surface area (Å²) < 4.78 is 11.0. The third kappa shape index (κ3) is 4.18. The maximum absolute atomic E-state index is 13.0. The van der Waals surface area contributed by atoms with Crippen LogP contribution in [0.4, 0.5) is 5.69 Å². The van der Waals surface area contributed by atoms with Crippen LogP contribution in [0.25, 0.3) is 0 Å². The van der Waals surface area contributed by atoms with Crippen LogP contribution in [-0.2, 0) is 15.2 Å². The number of carbonyl (C=O) groups excluding carboxylic acids is 1. The molecule has 1 fully saturated rings. The van der Waals surface area contributed by atoms with E-state index in [1.807, 2.05) is 65.3 Å². The highest BCUT2D eigenvalue weighted by molar-refractivity contribution is 7.80. The molecule has 1 unspecified atom stereocenters. The minimum atomic E-state index is -0.957. The van der Waals surface area contributed by atoms with Crippen LogP contribution in [0.1, 0.15) is 24.0 Å². The molecule has 1 saturated heterocycles. The average Bonchev–Trinajstić information content (AvgIpc) is 3.15. The molecule has 0 radical (unpaired) electrons. The van der Waals surface area contributed by atoms with Gasteiger partial charge in [0.1, 0.15) is 5.75 Å². The summed E-state index contributed by atoms with van der Waals surface area (Å²) in [5.41, 5.74) is 1.90. The van der Waals surface area contributed by atoms with Crippen molar-refractivity contribution in [2.45, 2.75) is 25.4 Å². The van der Waals surface area contributed by atoms with E-state index < -0.39 is 5.66 Å². The molecule has 8 heteroatoms. The number of thiocarbonyl (C=S) groups is 1. The van der Waals surface area contributed by atoms with Crippen LogP contribution in [-0.4, -0.2) is 49.3 Å². The average molecular weight is 439 g/mol. The zero-order chi connectivity index (χ0) is 21.8. The van der Waals surface area contributed by atoms with Gasteiger partial charge in [0.15, 0.2) is 5.66 Å². The van der Waals surface area contributed by atoms with Gasteiger partial charge in [-0.25, -0.2) is 0 Å². The smallest absolute Gasteiger partial charge is 0.222 e. The molecule has 1 atom stereocenters. The molecule has 4 rings (SSSR count). The molecule has 2 aliphatic heterocycles. The zero-order valence-electron chi connectivity index (χ0n) is 17.8. The molecule has 0 N–H and O–H groups in total. The lowest BCUT2D eigenvalue weighted by molar-refractivity contribution is -0.135. The van der Waals surface area contributed by atoms with Crippen molar-refractivity contribution >= 4 is 28.9 Å². The predicted octanol–water partition coefficient (Wildman–Crippen LogP) is 4.05. The summed E-state index contributed by atoms with van der Waals surface area (Å²) in [6, 6.07) is 15.8. The van der Waals surface area contributed by atoms with Gasteiger partial charge in [-0.05, 0) is 37.3 Å². The summed E-state index contributed by atoms with van der Waals surface area (Å²) >= 11 is 5.60. The van der Waals surface area contributed by atoms with Gasteiger partial charge in [0.2, 0.25) is 11.0 Å². The highest BCUT2D eigenvalue weighted by Crippen LogP contribution is 2.46. The second-order valence-corrected chi connectivity index (χ2v) is 8.03. The maximum Gasteiger partial charge on any atom is 0.222 e. The second kappa shape index (κ2) is 9.11. The normalized spacial score (nSPS) is 20.9. The molecule has 162 valence electrons. The lowest BCUT2D eigenvalue weighted by Crippen LogP contribution is -2.46. The Bertz CT molecular complexity index is 989. The van der Waals surface area contributed by atoms with Crippen molar-refractivity contribution in [1.29, 1.82) is 0 Å². The number of amides is 1. The molecule has 2 heterocycles. The number of carbonyl (C=O) groups is 1. The molecule has 2 aromatic rings. The van der Waals surface area contributed by atoms with Gasteiger partial charge in [0.05, 0.1) is 20.3 Å². The quantitative estimate of drug-likeness (QED) is 0.637. The number of benzene rings is 2. The minimum Gasteiger partial charge on any atom is -0.496 e. The third-order valence-electron chi connectivity index (χ3n) is 5.74. The van der Waals surface area contributed by atoms with Gasteiger partial charge in [-0.1, -0.05) is 35.9 Å². The fourth-order valence-corrected chi connectivity index (χ4v) is 4.39. The first kappa shape index (κ1) is 21.4. The Kier molecular flexibility index (Phi) is 6.29. The van der Waals surface area contributed by atoms with Crippen LogP contribution in [0.5, 0.6) is 5.75 Å². The summed E-state index contributed by atoms with van der Waals surface area (Å²) in [5, 5.41) is 9.32. The summed E-state index contributed by atoms with van der Waals surface area (Å²) in [4.78, 5) is 16.8. The third-order valence-corrected chi connectivity index (χ3v) is 6.01. The highest BCUT2D eigenvalue weighted by atomic mass is 32.1. The van der Waals surface area contributed by atoms with Gasteiger partial charge in [-0.2, -0.15) is 5.11 Å². The first-order valence-electron chi connectivity index (χ1n) is 10.4. The molecule has 0 bridgehead atoms. The number of aryl methyl sites for hydroxylation is 1. The fourth-order valence-electron chi connectivity index (χ4n) is 4.09. The summed E-state index contributed by atoms with van der Waals surface area (Å²) in [6.07, 6.45) is 0.725. The number of ether oxygens (including phenoxy) is 2. The Morgan fingerprint density at radius 3 is 2.58 bits per heavy atom. The number of para-hydroxylation sites is 1. The van der Waals surface area contributed by atoms with Crippen molar-refractivity contribution in [1.82, 2.24) is 4.90 Å². The van der Waals surface area contributed by atoms with Gasteiger partial charge in [-0.15, -0.1) is 5.11 Å². The molecule has 0 aromatic heterocycles. The zero-order valence-corrected chi connectivity index (χ0v) is 18.6. The lowest BCUT2D eigenvalue weighted by Gasteiger charge is -2.37. The first-order valence-corrected chi connectivity index (χ1v) is 10.8. The SMILES string of the molecule is COc1ccccc1C1(CCC(=O)N2CCOCC2)N=NC(=S)N1c1ccc(C)cc1. The van der Waals surface area contributed by atoms with Crippen LogP contribution in [0.15, 0.2) is 58.8 Å². The molecule has 2 aliphatic rings. The van der Waals surface area contributed by atoms with Gasteiger partial charge in [0.25, 0.3) is 0 Å². The Morgan fingerprint density at radius 1 is 1.16 bits per heavy atom. The van der Waals surface area contributed by atoms with Crippen molar-refractivity contribution in [3.05, 3.63) is 59.7 Å². The second-order valence-electron chi connectivity index (χ2n) is 7.66. The maximum atomic E-state index is 13.0. The van der Waals surface area contributed by atoms with Crippen molar-refractivity contribution in [2.24, 2.45) is 10.2 Å². The lowest BCUT2D eigenvalue weighted by atomic mass is 9.91. The number of morpholine rings is 1. The highest BCUT2D eigenvalue weighted by Gasteiger charge is 2.47. The van der Waals surface area contributed by atoms with Crippen LogP contribution in [0, 0.1) is 6.92 Å². The molecular formula is C23H26N4O3S. The number of nitrogens with zero attached hydrogens (tertiary/aromatic N) is 4. The molecule has 7 nitrogen and oxygen atoms in total. The molecule has 0 saturated carbocycles. The molecule has 0 aliphatic carbocycles. The minimum absolute atomic E-state index is 0.0782. The number of methoxy groups -OCH3 is 1. The number of azo groups is 1. The van der Waals surface area contributed by atoms with Crippen LogP contribution >= 0.6 is 12.2 Å². The molecule has 1 amide bonds. The van der Waals surface area contributed by atoms with Crippen molar-refractivity contribution < 1.29 is 14.3 Å². The molecule has 31 heavy (non-hydrogen) atoms. The number of hydrogen-bond acceptors (Lipinski definition) is 5. The monoisotopic (exact) mass is 438 g/mol. The van der Waals surface area contributed by atoms with Gasteiger partial charge >= 0.3 is 0 Å². The number of hydrogen-bond donors (Lipinski definition) is 0. The molecular weight excluding hydrogens is 412 g/mol. The van der Waals surface area contributed by atoms with Crippen LogP contribution < -0.4 is 9.64 Å². The Morgan fingerprint density at radius 2 is 1.87 bits per heavy atom. The molecule has 2 aromatic carbocycles. The van der Waals surface area contributed by atoms with Crippen molar-refractivity contribution in [2.75, 3.05) is 38.3 Å².